The van der Waals surface area contributed by atoms with Crippen LogP contribution in [0.4, 0.5) is 0 Å². The highest BCUT2D eigenvalue weighted by molar-refractivity contribution is 6.30. The first-order valence-corrected chi connectivity index (χ1v) is 10.0. The molecule has 160 valence electrons. The highest BCUT2D eigenvalue weighted by atomic mass is 35.5. The van der Waals surface area contributed by atoms with Gasteiger partial charge in [0.15, 0.2) is 0 Å². The molecule has 0 radical (unpaired) electrons. The van der Waals surface area contributed by atoms with Crippen LogP contribution in [0.5, 0.6) is 5.75 Å². The SMILES string of the molecule is CCOc1ccc([C@H]2[C@](C)([N+](=O)[O-])[C@H](c3ccc(Cl)cc3)N[C@]2(C)C(=O)OC)cc1. The normalized spacial score (nSPS) is 28.2. The zero-order chi connectivity index (χ0) is 22.1. The molecule has 1 aliphatic rings. The second-order valence-corrected chi connectivity index (χ2v) is 8.18. The number of nitrogens with zero attached hydrogens (tertiary/aromatic N) is 1. The summed E-state index contributed by atoms with van der Waals surface area (Å²) in [6.45, 7) is 5.60. The van der Waals surface area contributed by atoms with E-state index in [1.807, 2.05) is 6.92 Å². The second-order valence-electron chi connectivity index (χ2n) is 7.74. The van der Waals surface area contributed by atoms with Crippen molar-refractivity contribution in [2.75, 3.05) is 13.7 Å². The minimum Gasteiger partial charge on any atom is -0.494 e. The van der Waals surface area contributed by atoms with Crippen LogP contribution in [0, 0.1) is 10.1 Å². The van der Waals surface area contributed by atoms with Gasteiger partial charge in [0, 0.05) is 16.9 Å². The first-order valence-electron chi connectivity index (χ1n) is 9.67. The third-order valence-electron chi connectivity index (χ3n) is 5.92. The van der Waals surface area contributed by atoms with Gasteiger partial charge in [-0.1, -0.05) is 35.9 Å². The number of benzene rings is 2. The van der Waals surface area contributed by atoms with Crippen LogP contribution in [-0.4, -0.2) is 35.7 Å². The van der Waals surface area contributed by atoms with Gasteiger partial charge in [-0.2, -0.15) is 0 Å². The molecule has 1 heterocycles. The van der Waals surface area contributed by atoms with E-state index >= 15 is 0 Å². The Morgan fingerprint density at radius 2 is 1.70 bits per heavy atom. The quantitative estimate of drug-likeness (QED) is 0.419. The van der Waals surface area contributed by atoms with Gasteiger partial charge in [-0.15, -0.1) is 0 Å². The molecule has 0 unspecified atom stereocenters. The lowest BCUT2D eigenvalue weighted by atomic mass is 9.70. The molecule has 4 atom stereocenters. The van der Waals surface area contributed by atoms with Crippen LogP contribution < -0.4 is 10.1 Å². The largest absolute Gasteiger partial charge is 0.494 e. The van der Waals surface area contributed by atoms with Crippen molar-refractivity contribution in [3.05, 3.63) is 74.8 Å². The fourth-order valence-corrected chi connectivity index (χ4v) is 4.68. The lowest BCUT2D eigenvalue weighted by Crippen LogP contribution is -2.51. The molecule has 0 amide bonds. The molecule has 3 rings (SSSR count). The maximum absolute atomic E-state index is 12.9. The number of nitro groups is 1. The van der Waals surface area contributed by atoms with Crippen molar-refractivity contribution in [1.82, 2.24) is 5.32 Å². The van der Waals surface area contributed by atoms with Crippen LogP contribution in [0.1, 0.15) is 43.9 Å². The summed E-state index contributed by atoms with van der Waals surface area (Å²) in [7, 11) is 1.28. The van der Waals surface area contributed by atoms with Gasteiger partial charge in [0.05, 0.1) is 19.6 Å². The van der Waals surface area contributed by atoms with E-state index < -0.39 is 29.0 Å². The number of carbonyl (C=O) groups is 1. The molecule has 0 spiro atoms. The average molecular weight is 433 g/mol. The van der Waals surface area contributed by atoms with Gasteiger partial charge in [-0.3, -0.25) is 20.2 Å². The predicted molar refractivity (Wildman–Crippen MR) is 114 cm³/mol. The Morgan fingerprint density at radius 1 is 1.13 bits per heavy atom. The summed E-state index contributed by atoms with van der Waals surface area (Å²) < 4.78 is 10.5. The summed E-state index contributed by atoms with van der Waals surface area (Å²) in [5.41, 5.74) is -1.55. The van der Waals surface area contributed by atoms with Crippen molar-refractivity contribution in [3.8, 4) is 5.75 Å². The minimum absolute atomic E-state index is 0.311. The molecule has 0 bridgehead atoms. The average Bonchev–Trinajstić information content (AvgIpc) is 2.98. The van der Waals surface area contributed by atoms with Crippen molar-refractivity contribution in [3.63, 3.8) is 0 Å². The Balaban J connectivity index is 2.19. The summed E-state index contributed by atoms with van der Waals surface area (Å²) in [4.78, 5) is 25.1. The first kappa shape index (κ1) is 22.1. The molecule has 1 fully saturated rings. The van der Waals surface area contributed by atoms with Gasteiger partial charge < -0.3 is 9.47 Å². The Bertz CT molecular complexity index is 934. The number of carbonyl (C=O) groups excluding carboxylic acids is 1. The third-order valence-corrected chi connectivity index (χ3v) is 6.17. The first-order chi connectivity index (χ1) is 14.2. The monoisotopic (exact) mass is 432 g/mol. The van der Waals surface area contributed by atoms with Crippen molar-refractivity contribution in [2.45, 2.75) is 43.8 Å². The van der Waals surface area contributed by atoms with Crippen LogP contribution in [0.15, 0.2) is 48.5 Å². The number of rotatable bonds is 6. The molecule has 0 aliphatic carbocycles. The number of hydrogen-bond acceptors (Lipinski definition) is 6. The van der Waals surface area contributed by atoms with E-state index in [1.165, 1.54) is 7.11 Å². The van der Waals surface area contributed by atoms with Crippen molar-refractivity contribution < 1.29 is 19.2 Å². The fourth-order valence-electron chi connectivity index (χ4n) is 4.55. The molecule has 30 heavy (non-hydrogen) atoms. The van der Waals surface area contributed by atoms with Gasteiger partial charge in [0.2, 0.25) is 5.54 Å². The summed E-state index contributed by atoms with van der Waals surface area (Å²) in [6, 6.07) is 13.1. The van der Waals surface area contributed by atoms with Gasteiger partial charge in [-0.25, -0.2) is 0 Å². The minimum atomic E-state index is -1.54. The number of methoxy groups -OCH3 is 1. The summed E-state index contributed by atoms with van der Waals surface area (Å²) in [5.74, 6) is -0.709. The van der Waals surface area contributed by atoms with Crippen LogP contribution in [0.25, 0.3) is 0 Å². The van der Waals surface area contributed by atoms with Gasteiger partial charge in [0.1, 0.15) is 17.3 Å². The molecule has 2 aromatic carbocycles. The van der Waals surface area contributed by atoms with E-state index in [4.69, 9.17) is 21.1 Å². The molecular weight excluding hydrogens is 408 g/mol. The topological polar surface area (TPSA) is 90.7 Å². The molecule has 0 saturated carbocycles. The zero-order valence-corrected chi connectivity index (χ0v) is 18.1. The molecule has 1 aliphatic heterocycles. The molecule has 8 heteroatoms. The number of ether oxygens (including phenoxy) is 2. The summed E-state index contributed by atoms with van der Waals surface area (Å²) >= 11 is 6.01. The Hall–Kier alpha value is -2.64. The smallest absolute Gasteiger partial charge is 0.326 e. The van der Waals surface area contributed by atoms with Crippen molar-refractivity contribution >= 4 is 17.6 Å². The molecular formula is C22H25ClN2O5. The zero-order valence-electron chi connectivity index (χ0n) is 17.3. The molecule has 7 nitrogen and oxygen atoms in total. The summed E-state index contributed by atoms with van der Waals surface area (Å²) in [5, 5.41) is 16.2. The maximum atomic E-state index is 12.9. The van der Waals surface area contributed by atoms with Crippen LogP contribution in [-0.2, 0) is 9.53 Å². The van der Waals surface area contributed by atoms with E-state index in [9.17, 15) is 14.9 Å². The number of halogens is 1. The van der Waals surface area contributed by atoms with E-state index in [0.29, 0.717) is 28.5 Å². The van der Waals surface area contributed by atoms with Gasteiger partial charge in [-0.05, 0) is 49.2 Å². The number of esters is 1. The Morgan fingerprint density at radius 3 is 2.20 bits per heavy atom. The molecule has 0 aromatic heterocycles. The number of hydrogen-bond donors (Lipinski definition) is 1. The van der Waals surface area contributed by atoms with E-state index in [-0.39, 0.29) is 4.92 Å². The number of nitrogens with one attached hydrogen (secondary N) is 1. The fraction of sp³-hybridized carbons (Fsp3) is 0.409. The highest BCUT2D eigenvalue weighted by Gasteiger charge is 2.69. The van der Waals surface area contributed by atoms with Crippen LogP contribution in [0.2, 0.25) is 5.02 Å². The maximum Gasteiger partial charge on any atom is 0.326 e. The lowest BCUT2D eigenvalue weighted by Gasteiger charge is -2.32. The molecule has 2 aromatic rings. The van der Waals surface area contributed by atoms with Crippen molar-refractivity contribution in [2.24, 2.45) is 0 Å². The van der Waals surface area contributed by atoms with E-state index in [1.54, 1.807) is 62.4 Å². The van der Waals surface area contributed by atoms with Crippen LogP contribution in [0.3, 0.4) is 0 Å². The standard InChI is InChI=1S/C22H25ClN2O5/c1-5-30-17-12-8-14(9-13-17)18-21(2,20(26)29-4)24-19(22(18,3)25(27)28)15-6-10-16(23)11-7-15/h6-13,18-19,24H,5H2,1-4H3/t18-,19+,21+,22+/m1/s1. The van der Waals surface area contributed by atoms with Gasteiger partial charge in [0.25, 0.3) is 0 Å². The molecule has 1 N–H and O–H groups in total. The summed E-state index contributed by atoms with van der Waals surface area (Å²) in [6.07, 6.45) is 0. The highest BCUT2D eigenvalue weighted by Crippen LogP contribution is 2.53. The lowest BCUT2D eigenvalue weighted by molar-refractivity contribution is -0.571. The Kier molecular flexibility index (Phi) is 6.06. The third kappa shape index (κ3) is 3.52. The van der Waals surface area contributed by atoms with E-state index in [0.717, 1.165) is 0 Å². The molecule has 1 saturated heterocycles. The van der Waals surface area contributed by atoms with Gasteiger partial charge >= 0.3 is 5.97 Å². The van der Waals surface area contributed by atoms with Crippen LogP contribution >= 0.6 is 11.6 Å². The second kappa shape index (κ2) is 8.24. The van der Waals surface area contributed by atoms with E-state index in [2.05, 4.69) is 5.32 Å². The predicted octanol–water partition coefficient (Wildman–Crippen LogP) is 4.13. The van der Waals surface area contributed by atoms with Crippen molar-refractivity contribution in [1.29, 1.82) is 0 Å². The Labute approximate surface area is 180 Å².